The van der Waals surface area contributed by atoms with Crippen LogP contribution in [0.2, 0.25) is 0 Å². The fourth-order valence-corrected chi connectivity index (χ4v) is 1.78. The van der Waals surface area contributed by atoms with Gasteiger partial charge in [0.1, 0.15) is 0 Å². The van der Waals surface area contributed by atoms with Crippen molar-refractivity contribution in [3.8, 4) is 0 Å². The van der Waals surface area contributed by atoms with Gasteiger partial charge in [0.15, 0.2) is 0 Å². The standard InChI is InChI=1S/C13H27NS/c1-7-13(5,9-8-10-15-6)11-14-12(2,3)4/h7,14H,1,8-11H2,2-6H3. The third-order valence-electron chi connectivity index (χ3n) is 2.61. The van der Waals surface area contributed by atoms with E-state index in [0.29, 0.717) is 0 Å². The highest BCUT2D eigenvalue weighted by molar-refractivity contribution is 7.98. The van der Waals surface area contributed by atoms with Crippen molar-refractivity contribution in [3.05, 3.63) is 12.7 Å². The summed E-state index contributed by atoms with van der Waals surface area (Å²) in [5.41, 5.74) is 0.437. The molecule has 1 nitrogen and oxygen atoms in total. The lowest BCUT2D eigenvalue weighted by Crippen LogP contribution is -2.42. The average Bonchev–Trinajstić information content (AvgIpc) is 2.14. The highest BCUT2D eigenvalue weighted by Crippen LogP contribution is 2.25. The van der Waals surface area contributed by atoms with Gasteiger partial charge in [0.2, 0.25) is 0 Å². The topological polar surface area (TPSA) is 12.0 Å². The zero-order valence-corrected chi connectivity index (χ0v) is 11.8. The maximum atomic E-state index is 3.97. The van der Waals surface area contributed by atoms with Crippen LogP contribution in [-0.2, 0) is 0 Å². The van der Waals surface area contributed by atoms with Gasteiger partial charge in [-0.15, -0.1) is 6.58 Å². The summed E-state index contributed by atoms with van der Waals surface area (Å²) >= 11 is 1.92. The van der Waals surface area contributed by atoms with Gasteiger partial charge in [0.25, 0.3) is 0 Å². The normalized spacial score (nSPS) is 16.1. The fourth-order valence-electron chi connectivity index (χ4n) is 1.35. The summed E-state index contributed by atoms with van der Waals surface area (Å²) in [5.74, 6) is 1.25. The van der Waals surface area contributed by atoms with Gasteiger partial charge in [-0.25, -0.2) is 0 Å². The number of thioether (sulfide) groups is 1. The molecule has 0 aliphatic heterocycles. The number of hydrogen-bond donors (Lipinski definition) is 1. The predicted molar refractivity (Wildman–Crippen MR) is 73.7 cm³/mol. The largest absolute Gasteiger partial charge is 0.311 e. The van der Waals surface area contributed by atoms with Crippen molar-refractivity contribution in [1.82, 2.24) is 5.32 Å². The first-order valence-electron chi connectivity index (χ1n) is 5.70. The Morgan fingerprint density at radius 2 is 1.87 bits per heavy atom. The molecule has 1 N–H and O–H groups in total. The second-order valence-corrected chi connectivity index (χ2v) is 6.54. The zero-order valence-electron chi connectivity index (χ0n) is 11.0. The average molecular weight is 229 g/mol. The third-order valence-corrected chi connectivity index (χ3v) is 3.31. The van der Waals surface area contributed by atoms with E-state index in [1.807, 2.05) is 11.8 Å². The van der Waals surface area contributed by atoms with Crippen molar-refractivity contribution in [1.29, 1.82) is 0 Å². The summed E-state index contributed by atoms with van der Waals surface area (Å²) in [6, 6.07) is 0. The molecular formula is C13H27NS. The Balaban J connectivity index is 4.01. The second-order valence-electron chi connectivity index (χ2n) is 5.56. The van der Waals surface area contributed by atoms with Crippen LogP contribution in [0.1, 0.15) is 40.5 Å². The fraction of sp³-hybridized carbons (Fsp3) is 0.846. The number of nitrogens with one attached hydrogen (secondary N) is 1. The summed E-state index contributed by atoms with van der Waals surface area (Å²) in [6.45, 7) is 13.9. The van der Waals surface area contributed by atoms with E-state index >= 15 is 0 Å². The first-order valence-corrected chi connectivity index (χ1v) is 7.10. The maximum absolute atomic E-state index is 3.97. The minimum absolute atomic E-state index is 0.198. The van der Waals surface area contributed by atoms with Crippen molar-refractivity contribution in [2.45, 2.75) is 46.1 Å². The van der Waals surface area contributed by atoms with Gasteiger partial charge >= 0.3 is 0 Å². The zero-order chi connectivity index (χ0) is 11.9. The smallest absolute Gasteiger partial charge is 0.00968 e. The van der Waals surface area contributed by atoms with Gasteiger partial charge in [-0.3, -0.25) is 0 Å². The minimum atomic E-state index is 0.198. The van der Waals surface area contributed by atoms with E-state index in [2.05, 4.69) is 51.9 Å². The van der Waals surface area contributed by atoms with Gasteiger partial charge in [-0.05, 0) is 51.0 Å². The third kappa shape index (κ3) is 7.92. The van der Waals surface area contributed by atoms with Crippen LogP contribution in [0.3, 0.4) is 0 Å². The van der Waals surface area contributed by atoms with Crippen LogP contribution in [0, 0.1) is 5.41 Å². The van der Waals surface area contributed by atoms with Crippen LogP contribution in [0.25, 0.3) is 0 Å². The first kappa shape index (κ1) is 15.0. The lowest BCUT2D eigenvalue weighted by molar-refractivity contribution is 0.307. The number of rotatable bonds is 7. The van der Waals surface area contributed by atoms with Crippen LogP contribution in [-0.4, -0.2) is 24.1 Å². The molecule has 0 saturated carbocycles. The Bertz CT molecular complexity index is 183. The molecule has 1 atom stereocenters. The molecule has 0 aromatic carbocycles. The molecule has 0 saturated heterocycles. The van der Waals surface area contributed by atoms with E-state index in [1.165, 1.54) is 18.6 Å². The minimum Gasteiger partial charge on any atom is -0.311 e. The molecule has 0 bridgehead atoms. The van der Waals surface area contributed by atoms with Crippen molar-refractivity contribution in [3.63, 3.8) is 0 Å². The quantitative estimate of drug-likeness (QED) is 0.527. The van der Waals surface area contributed by atoms with Gasteiger partial charge < -0.3 is 5.32 Å². The summed E-state index contributed by atoms with van der Waals surface area (Å²) in [6.07, 6.45) is 6.76. The molecule has 0 aromatic heterocycles. The molecule has 90 valence electrons. The van der Waals surface area contributed by atoms with Crippen LogP contribution < -0.4 is 5.32 Å². The molecule has 0 amide bonds. The van der Waals surface area contributed by atoms with Gasteiger partial charge in [-0.2, -0.15) is 11.8 Å². The van der Waals surface area contributed by atoms with Crippen molar-refractivity contribution < 1.29 is 0 Å². The molecule has 2 heteroatoms. The predicted octanol–water partition coefficient (Wildman–Crippen LogP) is 3.71. The second kappa shape index (κ2) is 6.59. The molecule has 0 radical (unpaired) electrons. The maximum Gasteiger partial charge on any atom is 0.00968 e. The van der Waals surface area contributed by atoms with Gasteiger partial charge in [-0.1, -0.05) is 13.0 Å². The molecular weight excluding hydrogens is 202 g/mol. The van der Waals surface area contributed by atoms with Gasteiger partial charge in [0, 0.05) is 12.1 Å². The van der Waals surface area contributed by atoms with E-state index < -0.39 is 0 Å². The van der Waals surface area contributed by atoms with E-state index in [-0.39, 0.29) is 11.0 Å². The Labute approximate surface area is 100 Å². The van der Waals surface area contributed by atoms with E-state index in [9.17, 15) is 0 Å². The highest BCUT2D eigenvalue weighted by Gasteiger charge is 2.22. The van der Waals surface area contributed by atoms with Gasteiger partial charge in [0.05, 0.1) is 0 Å². The Hall–Kier alpha value is 0.0500. The Kier molecular flexibility index (Phi) is 6.62. The SMILES string of the molecule is C=CC(C)(CCCSC)CNC(C)(C)C. The Morgan fingerprint density at radius 1 is 1.27 bits per heavy atom. The van der Waals surface area contributed by atoms with Crippen LogP contribution in [0.5, 0.6) is 0 Å². The lowest BCUT2D eigenvalue weighted by atomic mass is 9.85. The molecule has 0 aliphatic carbocycles. The molecule has 0 aromatic rings. The lowest BCUT2D eigenvalue weighted by Gasteiger charge is -2.31. The summed E-state index contributed by atoms with van der Waals surface area (Å²) in [7, 11) is 0. The molecule has 15 heavy (non-hydrogen) atoms. The van der Waals surface area contributed by atoms with Crippen LogP contribution >= 0.6 is 11.8 Å². The number of hydrogen-bond acceptors (Lipinski definition) is 2. The molecule has 1 unspecified atom stereocenters. The highest BCUT2D eigenvalue weighted by atomic mass is 32.2. The van der Waals surface area contributed by atoms with E-state index in [1.54, 1.807) is 0 Å². The van der Waals surface area contributed by atoms with Crippen molar-refractivity contribution in [2.75, 3.05) is 18.6 Å². The van der Waals surface area contributed by atoms with Crippen molar-refractivity contribution >= 4 is 11.8 Å². The molecule has 0 spiro atoms. The van der Waals surface area contributed by atoms with E-state index in [4.69, 9.17) is 0 Å². The summed E-state index contributed by atoms with van der Waals surface area (Å²) in [5, 5.41) is 3.56. The van der Waals surface area contributed by atoms with Crippen molar-refractivity contribution in [2.24, 2.45) is 5.41 Å². The molecule has 0 aliphatic rings. The summed E-state index contributed by atoms with van der Waals surface area (Å²) < 4.78 is 0. The Morgan fingerprint density at radius 3 is 2.27 bits per heavy atom. The molecule has 0 rings (SSSR count). The van der Waals surface area contributed by atoms with E-state index in [0.717, 1.165) is 6.54 Å². The first-order chi connectivity index (χ1) is 6.83. The van der Waals surface area contributed by atoms with Crippen LogP contribution in [0.15, 0.2) is 12.7 Å². The van der Waals surface area contributed by atoms with Crippen LogP contribution in [0.4, 0.5) is 0 Å². The monoisotopic (exact) mass is 229 g/mol. The summed E-state index contributed by atoms with van der Waals surface area (Å²) in [4.78, 5) is 0. The molecule has 0 fully saturated rings. The molecule has 0 heterocycles.